The summed E-state index contributed by atoms with van der Waals surface area (Å²) in [6, 6.07) is 14.2. The molecule has 0 saturated carbocycles. The second-order valence-electron chi connectivity index (χ2n) is 3.48. The van der Waals surface area contributed by atoms with Crippen molar-refractivity contribution in [3.63, 3.8) is 0 Å². The van der Waals surface area contributed by atoms with Gasteiger partial charge < -0.3 is 5.32 Å². The van der Waals surface area contributed by atoms with Gasteiger partial charge in [-0.25, -0.2) is 0 Å². The van der Waals surface area contributed by atoms with E-state index in [-0.39, 0.29) is 0 Å². The minimum Gasteiger partial charge on any atom is -0.354 e. The van der Waals surface area contributed by atoms with Crippen LogP contribution < -0.4 is 5.32 Å². The van der Waals surface area contributed by atoms with E-state index in [1.54, 1.807) is 11.3 Å². The van der Waals surface area contributed by atoms with Gasteiger partial charge in [0, 0.05) is 11.9 Å². The lowest BCUT2D eigenvalue weighted by Gasteiger charge is -2.06. The fraction of sp³-hybridized carbons (Fsp3) is 0. The number of aromatic nitrogens is 1. The van der Waals surface area contributed by atoms with Crippen molar-refractivity contribution in [2.24, 2.45) is 0 Å². The van der Waals surface area contributed by atoms with Gasteiger partial charge >= 0.3 is 0 Å². The molecule has 3 heteroatoms. The topological polar surface area (TPSA) is 24.9 Å². The number of hydrogen-bond donors (Lipinski definition) is 1. The molecule has 1 aromatic carbocycles. The smallest absolute Gasteiger partial charge is 0.0830 e. The Morgan fingerprint density at radius 2 is 1.88 bits per heavy atom. The fourth-order valence-corrected chi connectivity index (χ4v) is 2.47. The molecule has 0 aliphatic heterocycles. The third kappa shape index (κ3) is 1.66. The van der Waals surface area contributed by atoms with Crippen LogP contribution in [0.15, 0.2) is 54.0 Å². The molecular formula is C13H10N2S. The molecule has 0 unspecified atom stereocenters. The van der Waals surface area contributed by atoms with E-state index in [0.717, 1.165) is 16.9 Å². The molecule has 0 aliphatic rings. The summed E-state index contributed by atoms with van der Waals surface area (Å²) in [5, 5.41) is 5.47. The van der Waals surface area contributed by atoms with Gasteiger partial charge in [-0.3, -0.25) is 4.98 Å². The van der Waals surface area contributed by atoms with Gasteiger partial charge in [-0.1, -0.05) is 18.2 Å². The first-order chi connectivity index (χ1) is 7.93. The number of nitrogens with zero attached hydrogens (tertiary/aromatic N) is 1. The summed E-state index contributed by atoms with van der Waals surface area (Å²) in [6.45, 7) is 0. The Labute approximate surface area is 97.6 Å². The minimum atomic E-state index is 1.05. The summed E-state index contributed by atoms with van der Waals surface area (Å²) in [6.07, 6.45) is 1.83. The zero-order valence-electron chi connectivity index (χ0n) is 8.55. The number of hydrogen-bond acceptors (Lipinski definition) is 3. The van der Waals surface area contributed by atoms with E-state index in [9.17, 15) is 0 Å². The highest BCUT2D eigenvalue weighted by molar-refractivity contribution is 7.17. The van der Waals surface area contributed by atoms with E-state index in [0.29, 0.717) is 0 Å². The first-order valence-corrected chi connectivity index (χ1v) is 5.96. The van der Waals surface area contributed by atoms with Gasteiger partial charge in [0.15, 0.2) is 0 Å². The highest BCUT2D eigenvalue weighted by Gasteiger charge is 2.02. The maximum Gasteiger partial charge on any atom is 0.0830 e. The molecule has 2 aromatic heterocycles. The second kappa shape index (κ2) is 3.94. The van der Waals surface area contributed by atoms with E-state index in [1.165, 1.54) is 4.70 Å². The first kappa shape index (κ1) is 9.36. The van der Waals surface area contributed by atoms with Crippen LogP contribution >= 0.6 is 11.3 Å². The van der Waals surface area contributed by atoms with E-state index >= 15 is 0 Å². The van der Waals surface area contributed by atoms with Gasteiger partial charge in [-0.05, 0) is 29.6 Å². The van der Waals surface area contributed by atoms with E-state index in [1.807, 2.05) is 36.5 Å². The Morgan fingerprint density at radius 1 is 1.00 bits per heavy atom. The highest BCUT2D eigenvalue weighted by Crippen LogP contribution is 2.28. The van der Waals surface area contributed by atoms with Crippen molar-refractivity contribution in [2.75, 3.05) is 5.32 Å². The van der Waals surface area contributed by atoms with E-state index in [2.05, 4.69) is 27.8 Å². The molecule has 16 heavy (non-hydrogen) atoms. The molecule has 0 fully saturated rings. The molecule has 0 spiro atoms. The maximum atomic E-state index is 4.31. The third-order valence-electron chi connectivity index (χ3n) is 2.40. The zero-order chi connectivity index (χ0) is 10.8. The summed E-state index contributed by atoms with van der Waals surface area (Å²) in [5.41, 5.74) is 3.26. The molecule has 1 N–H and O–H groups in total. The van der Waals surface area contributed by atoms with Gasteiger partial charge in [0.25, 0.3) is 0 Å². The molecule has 0 amide bonds. The van der Waals surface area contributed by atoms with E-state index < -0.39 is 0 Å². The molecular weight excluding hydrogens is 216 g/mol. The van der Waals surface area contributed by atoms with Crippen LogP contribution in [0.4, 0.5) is 11.4 Å². The van der Waals surface area contributed by atoms with Crippen molar-refractivity contribution in [3.8, 4) is 0 Å². The van der Waals surface area contributed by atoms with Crippen LogP contribution in [0, 0.1) is 0 Å². The van der Waals surface area contributed by atoms with E-state index in [4.69, 9.17) is 0 Å². The molecule has 3 rings (SSSR count). The Morgan fingerprint density at radius 3 is 2.75 bits per heavy atom. The number of anilines is 2. The van der Waals surface area contributed by atoms with Gasteiger partial charge in [-0.15, -0.1) is 11.3 Å². The van der Waals surface area contributed by atoms with Gasteiger partial charge in [0.2, 0.25) is 0 Å². The Kier molecular flexibility index (Phi) is 2.31. The first-order valence-electron chi connectivity index (χ1n) is 5.08. The summed E-state index contributed by atoms with van der Waals surface area (Å²) in [4.78, 5) is 4.31. The van der Waals surface area contributed by atoms with Gasteiger partial charge in [-0.2, -0.15) is 0 Å². The van der Waals surface area contributed by atoms with Crippen molar-refractivity contribution >= 4 is 32.9 Å². The van der Waals surface area contributed by atoms with Crippen LogP contribution in [-0.4, -0.2) is 4.98 Å². The summed E-state index contributed by atoms with van der Waals surface area (Å²) >= 11 is 1.71. The van der Waals surface area contributed by atoms with Crippen molar-refractivity contribution in [3.05, 3.63) is 54.0 Å². The SMILES string of the molecule is c1ccc(Nc2ccnc3ccsc23)cc1. The molecule has 0 bridgehead atoms. The van der Waals surface area contributed by atoms with Crippen LogP contribution in [0.2, 0.25) is 0 Å². The maximum absolute atomic E-state index is 4.31. The molecule has 0 aliphatic carbocycles. The zero-order valence-corrected chi connectivity index (χ0v) is 9.37. The molecule has 2 nitrogen and oxygen atoms in total. The molecule has 78 valence electrons. The number of rotatable bonds is 2. The Hall–Kier alpha value is -1.87. The standard InChI is InChI=1S/C13H10N2S/c1-2-4-10(5-3-1)15-12-6-8-14-11-7-9-16-13(11)12/h1-9H,(H,14,15). The molecule has 3 aromatic rings. The van der Waals surface area contributed by atoms with Crippen molar-refractivity contribution < 1.29 is 0 Å². The largest absolute Gasteiger partial charge is 0.354 e. The molecule has 2 heterocycles. The highest BCUT2D eigenvalue weighted by atomic mass is 32.1. The van der Waals surface area contributed by atoms with Crippen molar-refractivity contribution in [2.45, 2.75) is 0 Å². The summed E-state index contributed by atoms with van der Waals surface area (Å²) in [5.74, 6) is 0. The number of fused-ring (bicyclic) bond motifs is 1. The lowest BCUT2D eigenvalue weighted by Crippen LogP contribution is -1.89. The molecule has 0 radical (unpaired) electrons. The van der Waals surface area contributed by atoms with Crippen LogP contribution in [-0.2, 0) is 0 Å². The van der Waals surface area contributed by atoms with Crippen LogP contribution in [0.3, 0.4) is 0 Å². The van der Waals surface area contributed by atoms with Crippen LogP contribution in [0.25, 0.3) is 10.2 Å². The minimum absolute atomic E-state index is 1.05. The van der Waals surface area contributed by atoms with Gasteiger partial charge in [0.05, 0.1) is 15.9 Å². The van der Waals surface area contributed by atoms with Gasteiger partial charge in [0.1, 0.15) is 0 Å². The van der Waals surface area contributed by atoms with Crippen LogP contribution in [0.1, 0.15) is 0 Å². The molecule has 0 saturated heterocycles. The Bertz CT molecular complexity index is 601. The predicted molar refractivity (Wildman–Crippen MR) is 69.3 cm³/mol. The number of para-hydroxylation sites is 1. The monoisotopic (exact) mass is 226 g/mol. The third-order valence-corrected chi connectivity index (χ3v) is 3.33. The normalized spacial score (nSPS) is 10.5. The number of thiophene rings is 1. The number of nitrogens with one attached hydrogen (secondary N) is 1. The lowest BCUT2D eigenvalue weighted by molar-refractivity contribution is 1.42. The average Bonchev–Trinajstić information content (AvgIpc) is 2.80. The quantitative estimate of drug-likeness (QED) is 0.713. The summed E-state index contributed by atoms with van der Waals surface area (Å²) in [7, 11) is 0. The molecule has 0 atom stereocenters. The fourth-order valence-electron chi connectivity index (χ4n) is 1.65. The van der Waals surface area contributed by atoms with Crippen LogP contribution in [0.5, 0.6) is 0 Å². The van der Waals surface area contributed by atoms with Crippen molar-refractivity contribution in [1.82, 2.24) is 4.98 Å². The van der Waals surface area contributed by atoms with Crippen molar-refractivity contribution in [1.29, 1.82) is 0 Å². The lowest BCUT2D eigenvalue weighted by atomic mass is 10.3. The predicted octanol–water partition coefficient (Wildman–Crippen LogP) is 4.04. The average molecular weight is 226 g/mol. The summed E-state index contributed by atoms with van der Waals surface area (Å²) < 4.78 is 1.20. The second-order valence-corrected chi connectivity index (χ2v) is 4.40. The number of benzene rings is 1. The number of pyridine rings is 1. The Balaban J connectivity index is 2.04.